The van der Waals surface area contributed by atoms with E-state index in [1.165, 1.54) is 10.9 Å². The van der Waals surface area contributed by atoms with E-state index < -0.39 is 0 Å². The lowest BCUT2D eigenvalue weighted by Crippen LogP contribution is -2.39. The van der Waals surface area contributed by atoms with E-state index in [0.717, 1.165) is 47.2 Å². The van der Waals surface area contributed by atoms with Crippen molar-refractivity contribution in [2.24, 2.45) is 5.92 Å². The number of amides is 2. The number of anilines is 1. The van der Waals surface area contributed by atoms with Gasteiger partial charge >= 0.3 is 6.03 Å². The first-order chi connectivity index (χ1) is 18.0. The molecule has 10 nitrogen and oxygen atoms in total. The van der Waals surface area contributed by atoms with Crippen molar-refractivity contribution in [3.05, 3.63) is 59.9 Å². The first-order valence-electron chi connectivity index (χ1n) is 12.7. The molecule has 37 heavy (non-hydrogen) atoms. The highest BCUT2D eigenvalue weighted by molar-refractivity contribution is 5.98. The minimum atomic E-state index is -0.319. The van der Waals surface area contributed by atoms with Gasteiger partial charge in [-0.3, -0.25) is 14.7 Å². The van der Waals surface area contributed by atoms with Crippen LogP contribution in [0.2, 0.25) is 0 Å². The fraction of sp³-hybridized carbons (Fsp3) is 0.370. The van der Waals surface area contributed by atoms with Crippen LogP contribution in [0.4, 0.5) is 10.6 Å². The normalized spacial score (nSPS) is 15.9. The Bertz CT molecular complexity index is 1490. The molecule has 0 saturated heterocycles. The number of carbonyl (C=O) groups is 2. The summed E-state index contributed by atoms with van der Waals surface area (Å²) in [6.07, 6.45) is 6.84. The number of benzene rings is 1. The van der Waals surface area contributed by atoms with E-state index in [1.54, 1.807) is 12.3 Å². The van der Waals surface area contributed by atoms with Gasteiger partial charge in [-0.25, -0.2) is 14.8 Å². The fourth-order valence-electron chi connectivity index (χ4n) is 4.64. The summed E-state index contributed by atoms with van der Waals surface area (Å²) in [4.78, 5) is 36.1. The molecule has 3 aromatic heterocycles. The topological polar surface area (TPSA) is 115 Å². The molecule has 1 aliphatic carbocycles. The molecule has 4 heterocycles. The third-order valence-electron chi connectivity index (χ3n) is 7.15. The average Bonchev–Trinajstić information content (AvgIpc) is 3.52. The van der Waals surface area contributed by atoms with Gasteiger partial charge in [0.05, 0.1) is 17.8 Å². The third-order valence-corrected chi connectivity index (χ3v) is 7.15. The second-order valence-electron chi connectivity index (χ2n) is 9.75. The maximum Gasteiger partial charge on any atom is 0.331 e. The van der Waals surface area contributed by atoms with Gasteiger partial charge in [-0.15, -0.1) is 0 Å². The van der Waals surface area contributed by atoms with Crippen LogP contribution in [0, 0.1) is 5.92 Å². The molecule has 4 aromatic rings. The quantitative estimate of drug-likeness (QED) is 0.392. The van der Waals surface area contributed by atoms with Crippen LogP contribution in [0.5, 0.6) is 11.6 Å². The van der Waals surface area contributed by atoms with E-state index in [4.69, 9.17) is 9.26 Å². The van der Waals surface area contributed by atoms with Gasteiger partial charge in [-0.1, -0.05) is 19.0 Å². The lowest BCUT2D eigenvalue weighted by atomic mass is 10.0. The lowest BCUT2D eigenvalue weighted by Gasteiger charge is -2.30. The zero-order valence-electron chi connectivity index (χ0n) is 20.8. The van der Waals surface area contributed by atoms with Crippen LogP contribution in [0.25, 0.3) is 10.9 Å². The number of aromatic nitrogens is 4. The molecular formula is C27H28N6O4. The molecule has 1 fully saturated rings. The standard InChI is InChI=1S/C27H28N6O4/c1-3-16(2)26(34)32-10-9-20-21(14-32)28-15-29-25(20)36-19-6-7-22-18(12-19)8-11-33(22)27(35)30-24-13-23(37-31-24)17-4-5-17/h6-8,11-13,15-17H,3-5,9-10,14H2,1-2H3,(H,30,31,35)/t16-/m0/s1. The van der Waals surface area contributed by atoms with Gasteiger partial charge < -0.3 is 14.2 Å². The van der Waals surface area contributed by atoms with E-state index in [9.17, 15) is 9.59 Å². The first kappa shape index (κ1) is 23.2. The molecule has 1 N–H and O–H groups in total. The Kier molecular flexibility index (Phi) is 5.86. The van der Waals surface area contributed by atoms with E-state index in [-0.39, 0.29) is 17.9 Å². The number of hydrogen-bond donors (Lipinski definition) is 1. The predicted molar refractivity (Wildman–Crippen MR) is 136 cm³/mol. The summed E-state index contributed by atoms with van der Waals surface area (Å²) in [6, 6.07) is 8.84. The second kappa shape index (κ2) is 9.34. The molecule has 1 aliphatic heterocycles. The molecule has 1 aromatic carbocycles. The number of fused-ring (bicyclic) bond motifs is 2. The van der Waals surface area contributed by atoms with Gasteiger partial charge in [0.25, 0.3) is 0 Å². The minimum absolute atomic E-state index is 0.00335. The minimum Gasteiger partial charge on any atom is -0.439 e. The van der Waals surface area contributed by atoms with Gasteiger partial charge in [0, 0.05) is 41.6 Å². The number of carbonyl (C=O) groups excluding carboxylic acids is 2. The van der Waals surface area contributed by atoms with E-state index in [0.29, 0.717) is 42.9 Å². The smallest absolute Gasteiger partial charge is 0.331 e. The third kappa shape index (κ3) is 4.54. The molecule has 2 aliphatic rings. The molecule has 0 bridgehead atoms. The molecule has 190 valence electrons. The maximum atomic E-state index is 12.9. The van der Waals surface area contributed by atoms with Crippen LogP contribution >= 0.6 is 0 Å². The molecule has 0 radical (unpaired) electrons. The summed E-state index contributed by atoms with van der Waals surface area (Å²) < 4.78 is 13.0. The van der Waals surface area contributed by atoms with Crippen molar-refractivity contribution >= 4 is 28.7 Å². The van der Waals surface area contributed by atoms with Crippen LogP contribution < -0.4 is 10.1 Å². The number of ether oxygens (including phenoxy) is 1. The van der Waals surface area contributed by atoms with E-state index >= 15 is 0 Å². The van der Waals surface area contributed by atoms with Crippen molar-refractivity contribution in [2.75, 3.05) is 11.9 Å². The Morgan fingerprint density at radius 3 is 2.89 bits per heavy atom. The highest BCUT2D eigenvalue weighted by atomic mass is 16.5. The van der Waals surface area contributed by atoms with Gasteiger partial charge in [0.1, 0.15) is 17.8 Å². The SMILES string of the molecule is CC[C@H](C)C(=O)N1CCc2c(ncnc2Oc2ccc3c(ccn3C(=O)Nc3cc(C4CC4)on3)c2)C1. The van der Waals surface area contributed by atoms with Gasteiger partial charge in [-0.2, -0.15) is 0 Å². The summed E-state index contributed by atoms with van der Waals surface area (Å²) in [5.41, 5.74) is 2.47. The lowest BCUT2D eigenvalue weighted by molar-refractivity contribution is -0.136. The Hall–Kier alpha value is -4.21. The highest BCUT2D eigenvalue weighted by Gasteiger charge is 2.29. The van der Waals surface area contributed by atoms with E-state index in [2.05, 4.69) is 20.4 Å². The molecule has 1 atom stereocenters. The predicted octanol–water partition coefficient (Wildman–Crippen LogP) is 5.10. The van der Waals surface area contributed by atoms with Crippen LogP contribution in [-0.2, 0) is 17.8 Å². The van der Waals surface area contributed by atoms with Crippen molar-refractivity contribution in [3.8, 4) is 11.6 Å². The number of nitrogens with zero attached hydrogens (tertiary/aromatic N) is 5. The largest absolute Gasteiger partial charge is 0.439 e. The van der Waals surface area contributed by atoms with Crippen LogP contribution in [0.3, 0.4) is 0 Å². The Labute approximate surface area is 213 Å². The molecule has 2 amide bonds. The molecule has 0 spiro atoms. The monoisotopic (exact) mass is 500 g/mol. The van der Waals surface area contributed by atoms with E-state index in [1.807, 2.05) is 43.0 Å². The van der Waals surface area contributed by atoms with Crippen molar-refractivity contribution in [2.45, 2.75) is 52.0 Å². The highest BCUT2D eigenvalue weighted by Crippen LogP contribution is 2.40. The number of nitrogens with one attached hydrogen (secondary N) is 1. The summed E-state index contributed by atoms with van der Waals surface area (Å²) >= 11 is 0. The molecular weight excluding hydrogens is 472 g/mol. The Morgan fingerprint density at radius 2 is 2.08 bits per heavy atom. The molecule has 1 saturated carbocycles. The van der Waals surface area contributed by atoms with Crippen LogP contribution in [0.1, 0.15) is 56.0 Å². The number of hydrogen-bond acceptors (Lipinski definition) is 7. The zero-order chi connectivity index (χ0) is 25.5. The molecule has 6 rings (SSSR count). The summed E-state index contributed by atoms with van der Waals surface area (Å²) in [5.74, 6) is 2.90. The van der Waals surface area contributed by atoms with Crippen LogP contribution in [-0.4, -0.2) is 43.1 Å². The average molecular weight is 501 g/mol. The molecule has 0 unspecified atom stereocenters. The van der Waals surface area contributed by atoms with Crippen molar-refractivity contribution in [1.82, 2.24) is 24.6 Å². The Morgan fingerprint density at radius 1 is 1.22 bits per heavy atom. The first-order valence-corrected chi connectivity index (χ1v) is 12.7. The Balaban J connectivity index is 1.17. The fourth-order valence-corrected chi connectivity index (χ4v) is 4.64. The maximum absolute atomic E-state index is 12.9. The van der Waals surface area contributed by atoms with Crippen molar-refractivity contribution in [1.29, 1.82) is 0 Å². The zero-order valence-corrected chi connectivity index (χ0v) is 20.8. The van der Waals surface area contributed by atoms with Gasteiger partial charge in [-0.05, 0) is 49.9 Å². The van der Waals surface area contributed by atoms with Gasteiger partial charge in [0.15, 0.2) is 5.82 Å². The number of rotatable bonds is 6. The summed E-state index contributed by atoms with van der Waals surface area (Å²) in [6.45, 7) is 5.05. The van der Waals surface area contributed by atoms with Crippen molar-refractivity contribution in [3.63, 3.8) is 0 Å². The van der Waals surface area contributed by atoms with Crippen LogP contribution in [0.15, 0.2) is 47.4 Å². The van der Waals surface area contributed by atoms with Gasteiger partial charge in [0.2, 0.25) is 11.8 Å². The second-order valence-corrected chi connectivity index (χ2v) is 9.75. The summed E-state index contributed by atoms with van der Waals surface area (Å²) in [7, 11) is 0. The summed E-state index contributed by atoms with van der Waals surface area (Å²) in [5, 5.41) is 7.60. The molecule has 10 heteroatoms. The van der Waals surface area contributed by atoms with Crippen molar-refractivity contribution < 1.29 is 18.8 Å².